The van der Waals surface area contributed by atoms with Gasteiger partial charge in [-0.2, -0.15) is 0 Å². The maximum Gasteiger partial charge on any atom is 0.392 e. The van der Waals surface area contributed by atoms with Crippen molar-refractivity contribution in [2.24, 2.45) is 4.99 Å². The number of cyclic esters (lactones) is 1. The summed E-state index contributed by atoms with van der Waals surface area (Å²) in [6.07, 6.45) is 0.0625. The summed E-state index contributed by atoms with van der Waals surface area (Å²) in [5.74, 6) is -0.355. The second-order valence-corrected chi connectivity index (χ2v) is 1.70. The van der Waals surface area contributed by atoms with Crippen LogP contribution in [0.5, 0.6) is 0 Å². The van der Waals surface area contributed by atoms with Crippen LogP contribution in [0.2, 0.25) is 0 Å². The minimum Gasteiger partial charge on any atom is -0.454 e. The molecule has 9 heavy (non-hydrogen) atoms. The first-order valence-corrected chi connectivity index (χ1v) is 2.57. The van der Waals surface area contributed by atoms with E-state index in [9.17, 15) is 4.79 Å². The molecule has 0 radical (unpaired) electrons. The van der Waals surface area contributed by atoms with Gasteiger partial charge in [-0.3, -0.25) is 0 Å². The average molecular weight is 129 g/mol. The van der Waals surface area contributed by atoms with Gasteiger partial charge in [-0.05, 0) is 6.92 Å². The molecule has 0 amide bonds. The molecule has 0 spiro atoms. The number of carbonyl (C=O) groups is 1. The van der Waals surface area contributed by atoms with Crippen molar-refractivity contribution in [1.82, 2.24) is 0 Å². The monoisotopic (exact) mass is 129 g/mol. The minimum absolute atomic E-state index is 0.0625. The third-order valence-corrected chi connectivity index (χ3v) is 1.00. The highest BCUT2D eigenvalue weighted by molar-refractivity contribution is 5.93. The number of methoxy groups -OCH3 is 1. The van der Waals surface area contributed by atoms with Crippen molar-refractivity contribution in [1.29, 1.82) is 0 Å². The Labute approximate surface area is 52.5 Å². The highest BCUT2D eigenvalue weighted by atomic mass is 16.7. The van der Waals surface area contributed by atoms with E-state index in [4.69, 9.17) is 0 Å². The predicted molar refractivity (Wildman–Crippen MR) is 30.0 cm³/mol. The first-order chi connectivity index (χ1) is 4.24. The van der Waals surface area contributed by atoms with Gasteiger partial charge in [0.15, 0.2) is 6.04 Å². The van der Waals surface area contributed by atoms with Gasteiger partial charge in [0, 0.05) is 0 Å². The Hall–Kier alpha value is -1.06. The Morgan fingerprint density at radius 1 is 1.78 bits per heavy atom. The summed E-state index contributed by atoms with van der Waals surface area (Å²) in [6.45, 7) is 1.65. The van der Waals surface area contributed by atoms with Gasteiger partial charge in [-0.15, -0.1) is 0 Å². The summed E-state index contributed by atoms with van der Waals surface area (Å²) in [6, 6.07) is -0.403. The molecular formula is C5H7NO3. The van der Waals surface area contributed by atoms with Gasteiger partial charge < -0.3 is 9.47 Å². The molecule has 0 fully saturated rings. The topological polar surface area (TPSA) is 47.9 Å². The molecular weight excluding hydrogens is 122 g/mol. The van der Waals surface area contributed by atoms with E-state index >= 15 is 0 Å². The minimum atomic E-state index is -0.403. The van der Waals surface area contributed by atoms with Gasteiger partial charge in [-0.25, -0.2) is 9.79 Å². The number of hydrogen-bond acceptors (Lipinski definition) is 4. The van der Waals surface area contributed by atoms with Crippen LogP contribution in [0.3, 0.4) is 0 Å². The van der Waals surface area contributed by atoms with E-state index in [2.05, 4.69) is 14.5 Å². The maximum atomic E-state index is 10.5. The SMILES string of the molecule is COC1=N[C@@H](C)C(=O)O1. The molecule has 0 saturated carbocycles. The molecule has 0 unspecified atom stereocenters. The highest BCUT2D eigenvalue weighted by Crippen LogP contribution is 2.04. The predicted octanol–water partition coefficient (Wildman–Crippen LogP) is -0.0659. The molecule has 0 saturated heterocycles. The Kier molecular flexibility index (Phi) is 1.38. The lowest BCUT2D eigenvalue weighted by Gasteiger charge is -1.92. The molecule has 1 aliphatic heterocycles. The summed E-state index contributed by atoms with van der Waals surface area (Å²) < 4.78 is 9.07. The van der Waals surface area contributed by atoms with Crippen LogP contribution >= 0.6 is 0 Å². The van der Waals surface area contributed by atoms with Crippen LogP contribution in [-0.2, 0) is 14.3 Å². The lowest BCUT2D eigenvalue weighted by Crippen LogP contribution is -2.10. The lowest BCUT2D eigenvalue weighted by molar-refractivity contribution is -0.135. The number of rotatable bonds is 0. The molecule has 0 aliphatic carbocycles. The second kappa shape index (κ2) is 2.05. The summed E-state index contributed by atoms with van der Waals surface area (Å²) in [4.78, 5) is 14.2. The highest BCUT2D eigenvalue weighted by Gasteiger charge is 2.24. The third-order valence-electron chi connectivity index (χ3n) is 1.00. The van der Waals surface area contributed by atoms with Gasteiger partial charge in [0.05, 0.1) is 7.11 Å². The van der Waals surface area contributed by atoms with Gasteiger partial charge in [0.2, 0.25) is 0 Å². The normalized spacial score (nSPS) is 25.3. The molecule has 0 aromatic carbocycles. The van der Waals surface area contributed by atoms with Crippen molar-refractivity contribution >= 4 is 12.1 Å². The molecule has 50 valence electrons. The van der Waals surface area contributed by atoms with E-state index in [0.29, 0.717) is 0 Å². The van der Waals surface area contributed by atoms with E-state index in [-0.39, 0.29) is 12.1 Å². The molecule has 1 aliphatic rings. The van der Waals surface area contributed by atoms with Crippen LogP contribution in [0, 0.1) is 0 Å². The number of aliphatic imine (C=N–C) groups is 1. The van der Waals surface area contributed by atoms with Crippen LogP contribution in [0.25, 0.3) is 0 Å². The third kappa shape index (κ3) is 1.01. The summed E-state index contributed by atoms with van der Waals surface area (Å²) in [5, 5.41) is 0. The molecule has 0 bridgehead atoms. The van der Waals surface area contributed by atoms with E-state index in [1.807, 2.05) is 0 Å². The molecule has 0 aromatic heterocycles. The number of nitrogens with zero attached hydrogens (tertiary/aromatic N) is 1. The van der Waals surface area contributed by atoms with E-state index in [1.54, 1.807) is 6.92 Å². The molecule has 0 aromatic rings. The Balaban J connectivity index is 2.62. The largest absolute Gasteiger partial charge is 0.454 e. The van der Waals surface area contributed by atoms with Crippen LogP contribution in [0.4, 0.5) is 0 Å². The average Bonchev–Trinajstić information content (AvgIpc) is 2.13. The molecule has 1 atom stereocenters. The van der Waals surface area contributed by atoms with E-state index in [1.165, 1.54) is 7.11 Å². The number of ether oxygens (including phenoxy) is 2. The van der Waals surface area contributed by atoms with Crippen molar-refractivity contribution in [3.63, 3.8) is 0 Å². The van der Waals surface area contributed by atoms with Gasteiger partial charge in [-0.1, -0.05) is 0 Å². The molecule has 1 heterocycles. The summed E-state index contributed by atoms with van der Waals surface area (Å²) in [5.41, 5.74) is 0. The van der Waals surface area contributed by atoms with Crippen LogP contribution < -0.4 is 0 Å². The first kappa shape index (κ1) is 6.07. The molecule has 1 rings (SSSR count). The Bertz CT molecular complexity index is 164. The lowest BCUT2D eigenvalue weighted by atomic mass is 10.4. The zero-order chi connectivity index (χ0) is 6.85. The van der Waals surface area contributed by atoms with Crippen molar-refractivity contribution < 1.29 is 14.3 Å². The Morgan fingerprint density at radius 3 is 2.67 bits per heavy atom. The fraction of sp³-hybridized carbons (Fsp3) is 0.600. The van der Waals surface area contributed by atoms with Crippen molar-refractivity contribution in [2.75, 3.05) is 7.11 Å². The zero-order valence-electron chi connectivity index (χ0n) is 5.25. The van der Waals surface area contributed by atoms with Crippen molar-refractivity contribution in [2.45, 2.75) is 13.0 Å². The zero-order valence-corrected chi connectivity index (χ0v) is 5.25. The fourth-order valence-electron chi connectivity index (χ4n) is 0.503. The Morgan fingerprint density at radius 2 is 2.44 bits per heavy atom. The number of carbonyl (C=O) groups excluding carboxylic acids is 1. The van der Waals surface area contributed by atoms with Crippen LogP contribution in [0.1, 0.15) is 6.92 Å². The summed E-state index contributed by atoms with van der Waals surface area (Å²) in [7, 11) is 1.41. The smallest absolute Gasteiger partial charge is 0.392 e. The second-order valence-electron chi connectivity index (χ2n) is 1.70. The van der Waals surface area contributed by atoms with Crippen LogP contribution in [0.15, 0.2) is 4.99 Å². The van der Waals surface area contributed by atoms with Crippen LogP contribution in [-0.4, -0.2) is 25.2 Å². The maximum absolute atomic E-state index is 10.5. The fourth-order valence-corrected chi connectivity index (χ4v) is 0.503. The van der Waals surface area contributed by atoms with Crippen molar-refractivity contribution in [3.05, 3.63) is 0 Å². The molecule has 4 nitrogen and oxygen atoms in total. The molecule has 0 N–H and O–H groups in total. The first-order valence-electron chi connectivity index (χ1n) is 2.57. The van der Waals surface area contributed by atoms with Gasteiger partial charge in [0.25, 0.3) is 0 Å². The number of hydrogen-bond donors (Lipinski definition) is 0. The summed E-state index contributed by atoms with van der Waals surface area (Å²) >= 11 is 0. The van der Waals surface area contributed by atoms with Gasteiger partial charge >= 0.3 is 12.1 Å². The van der Waals surface area contributed by atoms with E-state index < -0.39 is 6.04 Å². The molecule has 4 heteroatoms. The van der Waals surface area contributed by atoms with E-state index in [0.717, 1.165) is 0 Å². The van der Waals surface area contributed by atoms with Crippen molar-refractivity contribution in [3.8, 4) is 0 Å². The van der Waals surface area contributed by atoms with Gasteiger partial charge in [0.1, 0.15) is 0 Å². The quantitative estimate of drug-likeness (QED) is 0.430. The number of esters is 1. The standard InChI is InChI=1S/C5H7NO3/c1-3-4(7)9-5(6-3)8-2/h3H,1-2H3/t3-/m0/s1.